The molecule has 5 rings (SSSR count). The first kappa shape index (κ1) is 20.3. The number of ether oxygens (including phenoxy) is 1. The van der Waals surface area contributed by atoms with Gasteiger partial charge in [0.15, 0.2) is 4.77 Å². The predicted octanol–water partition coefficient (Wildman–Crippen LogP) is 3.87. The molecule has 2 atom stereocenters. The molecule has 3 aliphatic rings. The van der Waals surface area contributed by atoms with Crippen LogP contribution in [0.25, 0.3) is 0 Å². The van der Waals surface area contributed by atoms with Crippen molar-refractivity contribution in [2.45, 2.75) is 49.6 Å². The molecule has 1 aliphatic carbocycles. The quantitative estimate of drug-likeness (QED) is 0.515. The van der Waals surface area contributed by atoms with Gasteiger partial charge >= 0.3 is 0 Å². The van der Waals surface area contributed by atoms with Crippen LogP contribution in [-0.4, -0.2) is 34.3 Å². The van der Waals surface area contributed by atoms with Gasteiger partial charge in [0.2, 0.25) is 5.91 Å². The van der Waals surface area contributed by atoms with Gasteiger partial charge in [0.25, 0.3) is 0 Å². The molecule has 1 N–H and O–H groups in total. The summed E-state index contributed by atoms with van der Waals surface area (Å²) in [4.78, 5) is 13.2. The number of benzene rings is 1. The third-order valence-electron chi connectivity index (χ3n) is 6.69. The summed E-state index contributed by atoms with van der Waals surface area (Å²) in [5, 5.41) is 3.13. The highest BCUT2D eigenvalue weighted by Gasteiger charge is 2.56. The highest BCUT2D eigenvalue weighted by atomic mass is 79.9. The van der Waals surface area contributed by atoms with E-state index in [0.29, 0.717) is 31.0 Å². The van der Waals surface area contributed by atoms with E-state index in [2.05, 4.69) is 21.2 Å². The zero-order valence-corrected chi connectivity index (χ0v) is 18.9. The Morgan fingerprint density at radius 1 is 1.37 bits per heavy atom. The topological polar surface area (TPSA) is 48.2 Å². The fourth-order valence-electron chi connectivity index (χ4n) is 5.00. The van der Waals surface area contributed by atoms with E-state index in [1.54, 1.807) is 0 Å². The van der Waals surface area contributed by atoms with Crippen molar-refractivity contribution in [1.29, 1.82) is 0 Å². The summed E-state index contributed by atoms with van der Waals surface area (Å²) in [5.74, 6) is -1.48. The number of amides is 1. The molecule has 0 radical (unpaired) electrons. The first-order valence-corrected chi connectivity index (χ1v) is 11.3. The second-order valence-electron chi connectivity index (χ2n) is 8.52. The summed E-state index contributed by atoms with van der Waals surface area (Å²) in [6, 6.07) is 2.70. The van der Waals surface area contributed by atoms with Gasteiger partial charge < -0.3 is 19.2 Å². The highest BCUT2D eigenvalue weighted by molar-refractivity contribution is 9.10. The van der Waals surface area contributed by atoms with Crippen LogP contribution in [0.3, 0.4) is 0 Å². The van der Waals surface area contributed by atoms with E-state index in [4.69, 9.17) is 17.0 Å². The Morgan fingerprint density at radius 2 is 2.13 bits per heavy atom. The lowest BCUT2D eigenvalue weighted by Crippen LogP contribution is -2.42. The summed E-state index contributed by atoms with van der Waals surface area (Å²) in [7, 11) is 1.88. The monoisotopic (exact) mass is 497 g/mol. The van der Waals surface area contributed by atoms with E-state index in [9.17, 15) is 13.6 Å². The van der Waals surface area contributed by atoms with Crippen molar-refractivity contribution in [3.8, 4) is 0 Å². The maximum absolute atomic E-state index is 14.7. The standard InChI is InChI=1S/C21H22BrF2N3O2S/c1-26-18(21(5-6-21)19(28)25-12-4-7-29-10-12)15-8-11(9-27(15)20(26)30)16-14(23)3-2-13(22)17(16)24/h2-3,11-12H,4-10H2,1H3,(H,25,28). The minimum atomic E-state index is -0.616. The number of halogens is 3. The molecule has 5 nitrogen and oxygen atoms in total. The average molecular weight is 498 g/mol. The number of imidazole rings is 1. The largest absolute Gasteiger partial charge is 0.379 e. The molecule has 160 valence electrons. The van der Waals surface area contributed by atoms with Crippen LogP contribution < -0.4 is 5.32 Å². The third kappa shape index (κ3) is 3.00. The fourth-order valence-corrected chi connectivity index (χ4v) is 5.62. The van der Waals surface area contributed by atoms with Crippen molar-refractivity contribution in [2.75, 3.05) is 13.2 Å². The molecule has 30 heavy (non-hydrogen) atoms. The fraction of sp³-hybridized carbons (Fsp3) is 0.524. The van der Waals surface area contributed by atoms with Crippen molar-refractivity contribution in [2.24, 2.45) is 7.05 Å². The number of aromatic nitrogens is 2. The molecule has 1 aromatic heterocycles. The third-order valence-corrected chi connectivity index (χ3v) is 7.79. The summed E-state index contributed by atoms with van der Waals surface area (Å²) in [6.45, 7) is 1.60. The van der Waals surface area contributed by atoms with E-state index >= 15 is 0 Å². The lowest BCUT2D eigenvalue weighted by atomic mass is 9.92. The molecule has 9 heteroatoms. The molecule has 1 aromatic carbocycles. The van der Waals surface area contributed by atoms with E-state index in [0.717, 1.165) is 30.7 Å². The first-order chi connectivity index (χ1) is 14.3. The van der Waals surface area contributed by atoms with Gasteiger partial charge in [0.1, 0.15) is 11.6 Å². The van der Waals surface area contributed by atoms with E-state index in [1.807, 2.05) is 16.2 Å². The lowest BCUT2D eigenvalue weighted by Gasteiger charge is -2.21. The SMILES string of the molecule is Cn1c(C2(C(=O)NC3CCOC3)CC2)c2n(c1=S)CC(c1c(F)ccc(Br)c1F)C2. The van der Waals surface area contributed by atoms with E-state index in [1.165, 1.54) is 12.1 Å². The van der Waals surface area contributed by atoms with Crippen LogP contribution in [0.5, 0.6) is 0 Å². The molecule has 2 aliphatic heterocycles. The van der Waals surface area contributed by atoms with Gasteiger partial charge in [-0.15, -0.1) is 0 Å². The van der Waals surface area contributed by atoms with Crippen molar-refractivity contribution in [3.63, 3.8) is 0 Å². The number of carbonyl (C=O) groups excluding carboxylic acids is 1. The van der Waals surface area contributed by atoms with Crippen molar-refractivity contribution >= 4 is 34.1 Å². The van der Waals surface area contributed by atoms with Crippen LogP contribution in [0.1, 0.15) is 42.1 Å². The van der Waals surface area contributed by atoms with Gasteiger partial charge in [0.05, 0.1) is 28.2 Å². The summed E-state index contributed by atoms with van der Waals surface area (Å²) in [6.07, 6.45) is 2.76. The zero-order chi connectivity index (χ0) is 21.2. The number of fused-ring (bicyclic) bond motifs is 1. The van der Waals surface area contributed by atoms with Crippen LogP contribution in [0.2, 0.25) is 0 Å². The predicted molar refractivity (Wildman–Crippen MR) is 113 cm³/mol. The highest BCUT2D eigenvalue weighted by Crippen LogP contribution is 2.52. The Labute approximate surface area is 186 Å². The first-order valence-electron chi connectivity index (χ1n) is 10.1. The number of hydrogen-bond acceptors (Lipinski definition) is 3. The zero-order valence-electron chi connectivity index (χ0n) is 16.5. The van der Waals surface area contributed by atoms with Crippen molar-refractivity contribution < 1.29 is 18.3 Å². The summed E-state index contributed by atoms with van der Waals surface area (Å²) >= 11 is 8.80. The Hall–Kier alpha value is -1.58. The second-order valence-corrected chi connectivity index (χ2v) is 9.74. The average Bonchev–Trinajstić information content (AvgIpc) is 3.04. The summed E-state index contributed by atoms with van der Waals surface area (Å²) < 4.78 is 39.3. The number of nitrogens with one attached hydrogen (secondary N) is 1. The van der Waals surface area contributed by atoms with Crippen LogP contribution in [0.15, 0.2) is 16.6 Å². The van der Waals surface area contributed by atoms with Gasteiger partial charge in [-0.25, -0.2) is 8.78 Å². The van der Waals surface area contributed by atoms with Crippen LogP contribution in [0.4, 0.5) is 8.78 Å². The minimum absolute atomic E-state index is 0.000247. The van der Waals surface area contributed by atoms with E-state index in [-0.39, 0.29) is 27.9 Å². The van der Waals surface area contributed by atoms with Gasteiger partial charge in [-0.1, -0.05) is 0 Å². The minimum Gasteiger partial charge on any atom is -0.379 e. The molecule has 2 aromatic rings. The Kier molecular flexibility index (Phi) is 4.91. The van der Waals surface area contributed by atoms with Crippen LogP contribution in [-0.2, 0) is 35.0 Å². The van der Waals surface area contributed by atoms with Gasteiger partial charge in [-0.3, -0.25) is 4.79 Å². The van der Waals surface area contributed by atoms with Gasteiger partial charge in [-0.05, 0) is 66.0 Å². The Bertz CT molecular complexity index is 1100. The molecule has 0 spiro atoms. The number of hydrogen-bond donors (Lipinski definition) is 1. The van der Waals surface area contributed by atoms with Crippen molar-refractivity contribution in [3.05, 3.63) is 50.0 Å². The Morgan fingerprint density at radius 3 is 2.80 bits per heavy atom. The maximum Gasteiger partial charge on any atom is 0.232 e. The number of rotatable bonds is 4. The second kappa shape index (κ2) is 7.24. The normalized spacial score (nSPS) is 24.1. The van der Waals surface area contributed by atoms with Crippen LogP contribution in [0, 0.1) is 16.4 Å². The Balaban J connectivity index is 1.50. The molecule has 0 bridgehead atoms. The molecule has 2 unspecified atom stereocenters. The molecule has 3 heterocycles. The molecular formula is C21H22BrF2N3O2S. The van der Waals surface area contributed by atoms with Gasteiger partial charge in [-0.2, -0.15) is 0 Å². The van der Waals surface area contributed by atoms with E-state index < -0.39 is 17.0 Å². The summed E-state index contributed by atoms with van der Waals surface area (Å²) in [5.41, 5.74) is 1.27. The molecule has 1 amide bonds. The molecule has 1 saturated heterocycles. The lowest BCUT2D eigenvalue weighted by molar-refractivity contribution is -0.124. The van der Waals surface area contributed by atoms with Crippen molar-refractivity contribution in [1.82, 2.24) is 14.5 Å². The number of carbonyl (C=O) groups is 1. The van der Waals surface area contributed by atoms with Crippen LogP contribution >= 0.6 is 28.1 Å². The maximum atomic E-state index is 14.7. The van der Waals surface area contributed by atoms with Gasteiger partial charge in [0, 0.05) is 37.4 Å². The molecule has 1 saturated carbocycles. The number of nitrogens with zero attached hydrogens (tertiary/aromatic N) is 2. The smallest absolute Gasteiger partial charge is 0.232 e. The molecule has 2 fully saturated rings. The molecular weight excluding hydrogens is 476 g/mol.